The van der Waals surface area contributed by atoms with Crippen LogP contribution < -0.4 is 10.6 Å². The van der Waals surface area contributed by atoms with Gasteiger partial charge in [0.25, 0.3) is 5.91 Å². The molecule has 0 atom stereocenters. The lowest BCUT2D eigenvalue weighted by Crippen LogP contribution is -2.23. The molecule has 2 aromatic rings. The van der Waals surface area contributed by atoms with E-state index in [0.29, 0.717) is 10.6 Å². The fourth-order valence-corrected chi connectivity index (χ4v) is 2.83. The van der Waals surface area contributed by atoms with E-state index in [2.05, 4.69) is 31.7 Å². The number of halogens is 1. The van der Waals surface area contributed by atoms with Gasteiger partial charge in [0.1, 0.15) is 11.4 Å². The zero-order chi connectivity index (χ0) is 13.8. The van der Waals surface area contributed by atoms with Crippen molar-refractivity contribution in [3.05, 3.63) is 33.2 Å². The molecule has 0 aliphatic heterocycles. The number of nitrogens with zero attached hydrogens (tertiary/aromatic N) is 2. The minimum atomic E-state index is -0.207. The molecule has 2 rings (SSSR count). The Hall–Kier alpha value is -1.67. The van der Waals surface area contributed by atoms with Crippen LogP contribution in [0.3, 0.4) is 0 Å². The van der Waals surface area contributed by atoms with E-state index < -0.39 is 0 Å². The molecule has 8 heteroatoms. The molecule has 2 aromatic heterocycles. The van der Waals surface area contributed by atoms with E-state index in [1.54, 1.807) is 13.2 Å². The van der Waals surface area contributed by atoms with Crippen molar-refractivity contribution in [2.75, 3.05) is 12.4 Å². The van der Waals surface area contributed by atoms with E-state index in [1.807, 2.05) is 11.4 Å². The monoisotopic (exact) mass is 342 g/mol. The number of likely N-dealkylation sites (N-methyl/N-ethyl adjacent to an activating group) is 1. The van der Waals surface area contributed by atoms with Crippen LogP contribution in [-0.2, 0) is 11.3 Å². The third kappa shape index (κ3) is 3.42. The van der Waals surface area contributed by atoms with Crippen LogP contribution in [0, 0.1) is 0 Å². The Bertz CT molecular complexity index is 607. The van der Waals surface area contributed by atoms with E-state index in [4.69, 9.17) is 0 Å². The van der Waals surface area contributed by atoms with Gasteiger partial charge in [-0.15, -0.1) is 11.3 Å². The molecule has 0 aliphatic rings. The topological polar surface area (TPSA) is 76.0 Å². The van der Waals surface area contributed by atoms with Crippen LogP contribution in [0.1, 0.15) is 9.67 Å². The highest BCUT2D eigenvalue weighted by atomic mass is 79.9. The summed E-state index contributed by atoms with van der Waals surface area (Å²) in [6, 6.07) is 1.81. The summed E-state index contributed by atoms with van der Waals surface area (Å²) in [5, 5.41) is 11.0. The van der Waals surface area contributed by atoms with Gasteiger partial charge in [-0.25, -0.2) is 0 Å². The first-order valence-electron chi connectivity index (χ1n) is 5.37. The molecule has 0 saturated heterocycles. The molecule has 0 bridgehead atoms. The van der Waals surface area contributed by atoms with Crippen molar-refractivity contribution in [1.29, 1.82) is 0 Å². The first-order valence-corrected chi connectivity index (χ1v) is 7.05. The molecule has 0 unspecified atom stereocenters. The number of hydrogen-bond donors (Lipinski definition) is 2. The van der Waals surface area contributed by atoms with Gasteiger partial charge >= 0.3 is 0 Å². The Balaban J connectivity index is 2.02. The summed E-state index contributed by atoms with van der Waals surface area (Å²) in [5.41, 5.74) is 0.550. The molecule has 2 heterocycles. The highest BCUT2D eigenvalue weighted by molar-refractivity contribution is 9.10. The lowest BCUT2D eigenvalue weighted by molar-refractivity contribution is -0.121. The van der Waals surface area contributed by atoms with Crippen LogP contribution in [0.15, 0.2) is 28.3 Å². The van der Waals surface area contributed by atoms with Crippen molar-refractivity contribution < 1.29 is 9.59 Å². The number of amides is 2. The molecule has 0 spiro atoms. The van der Waals surface area contributed by atoms with E-state index in [-0.39, 0.29) is 18.4 Å². The smallest absolute Gasteiger partial charge is 0.266 e. The summed E-state index contributed by atoms with van der Waals surface area (Å²) in [6.45, 7) is 0.120. The third-order valence-corrected chi connectivity index (χ3v) is 4.14. The highest BCUT2D eigenvalue weighted by Gasteiger charge is 2.12. The van der Waals surface area contributed by atoms with E-state index in [9.17, 15) is 9.59 Å². The molecule has 2 amide bonds. The molecule has 0 radical (unpaired) electrons. The van der Waals surface area contributed by atoms with E-state index >= 15 is 0 Å². The van der Waals surface area contributed by atoms with Crippen molar-refractivity contribution in [2.45, 2.75) is 6.54 Å². The van der Waals surface area contributed by atoms with Crippen molar-refractivity contribution in [1.82, 2.24) is 15.1 Å². The second kappa shape index (κ2) is 5.98. The van der Waals surface area contributed by atoms with Gasteiger partial charge in [0, 0.05) is 17.7 Å². The van der Waals surface area contributed by atoms with Crippen molar-refractivity contribution in [2.24, 2.45) is 0 Å². The summed E-state index contributed by atoms with van der Waals surface area (Å²) in [5.74, 6) is -0.358. The fraction of sp³-hybridized carbons (Fsp3) is 0.182. The molecule has 0 saturated carbocycles. The molecule has 0 fully saturated rings. The van der Waals surface area contributed by atoms with Crippen molar-refractivity contribution >= 4 is 44.8 Å². The quantitative estimate of drug-likeness (QED) is 0.887. The summed E-state index contributed by atoms with van der Waals surface area (Å²) in [4.78, 5) is 23.7. The minimum Gasteiger partial charge on any atom is -0.358 e. The Morgan fingerprint density at radius 3 is 2.95 bits per heavy atom. The average molecular weight is 343 g/mol. The summed E-state index contributed by atoms with van der Waals surface area (Å²) >= 11 is 4.65. The van der Waals surface area contributed by atoms with Gasteiger partial charge in [0.05, 0.1) is 11.9 Å². The van der Waals surface area contributed by atoms with Gasteiger partial charge in [0.2, 0.25) is 5.91 Å². The second-order valence-electron chi connectivity index (χ2n) is 3.65. The largest absolute Gasteiger partial charge is 0.358 e. The number of aromatic nitrogens is 2. The first kappa shape index (κ1) is 13.8. The molecular formula is C11H11BrN4O2S. The molecule has 19 heavy (non-hydrogen) atoms. The normalized spacial score (nSPS) is 10.2. The molecule has 2 N–H and O–H groups in total. The lowest BCUT2D eigenvalue weighted by Gasteiger charge is -2.01. The number of nitrogens with one attached hydrogen (secondary N) is 2. The number of anilines is 1. The van der Waals surface area contributed by atoms with E-state index in [0.717, 1.165) is 4.47 Å². The van der Waals surface area contributed by atoms with Crippen molar-refractivity contribution in [3.8, 4) is 0 Å². The zero-order valence-electron chi connectivity index (χ0n) is 10.0. The van der Waals surface area contributed by atoms with Gasteiger partial charge in [-0.2, -0.15) is 5.10 Å². The number of carbonyl (C=O) groups is 2. The minimum absolute atomic E-state index is 0.120. The average Bonchev–Trinajstić information content (AvgIpc) is 2.98. The summed E-state index contributed by atoms with van der Waals surface area (Å²) < 4.78 is 2.21. The summed E-state index contributed by atoms with van der Waals surface area (Å²) in [7, 11) is 1.56. The van der Waals surface area contributed by atoms with Gasteiger partial charge < -0.3 is 10.6 Å². The standard InChI is InChI=1S/C11H11BrN4O2S/c1-13-9(17)6-16-5-7(4-14-16)15-11(18)10-8(12)2-3-19-10/h2-5H,6H2,1H3,(H,13,17)(H,15,18). The molecule has 0 aliphatic carbocycles. The maximum absolute atomic E-state index is 11.9. The van der Waals surface area contributed by atoms with Crippen molar-refractivity contribution in [3.63, 3.8) is 0 Å². The SMILES string of the molecule is CNC(=O)Cn1cc(NC(=O)c2sccc2Br)cn1. The Morgan fingerprint density at radius 1 is 1.53 bits per heavy atom. The second-order valence-corrected chi connectivity index (χ2v) is 5.42. The van der Waals surface area contributed by atoms with Gasteiger partial charge in [-0.3, -0.25) is 14.3 Å². The van der Waals surface area contributed by atoms with Crippen LogP contribution in [0.5, 0.6) is 0 Å². The predicted molar refractivity (Wildman–Crippen MR) is 76.3 cm³/mol. The third-order valence-electron chi connectivity index (χ3n) is 2.30. The number of thiophene rings is 1. The maximum atomic E-state index is 11.9. The number of rotatable bonds is 4. The number of carbonyl (C=O) groups excluding carboxylic acids is 2. The first-order chi connectivity index (χ1) is 9.10. The highest BCUT2D eigenvalue weighted by Crippen LogP contribution is 2.23. The molecule has 0 aromatic carbocycles. The molecular weight excluding hydrogens is 332 g/mol. The zero-order valence-corrected chi connectivity index (χ0v) is 12.4. The maximum Gasteiger partial charge on any atom is 0.266 e. The molecule has 100 valence electrons. The van der Waals surface area contributed by atoms with Crippen LogP contribution in [-0.4, -0.2) is 28.6 Å². The van der Waals surface area contributed by atoms with Crippen LogP contribution in [0.2, 0.25) is 0 Å². The number of hydrogen-bond acceptors (Lipinski definition) is 4. The van der Waals surface area contributed by atoms with Gasteiger partial charge in [-0.05, 0) is 27.4 Å². The Labute approximate surface area is 121 Å². The van der Waals surface area contributed by atoms with E-state index in [1.165, 1.54) is 22.2 Å². The summed E-state index contributed by atoms with van der Waals surface area (Å²) in [6.07, 6.45) is 3.11. The van der Waals surface area contributed by atoms with Gasteiger partial charge in [0.15, 0.2) is 0 Å². The van der Waals surface area contributed by atoms with Crippen LogP contribution >= 0.6 is 27.3 Å². The fourth-order valence-electron chi connectivity index (χ4n) is 1.38. The predicted octanol–water partition coefficient (Wildman–Crippen LogP) is 1.71. The Kier molecular flexibility index (Phi) is 4.33. The van der Waals surface area contributed by atoms with Crippen LogP contribution in [0.25, 0.3) is 0 Å². The van der Waals surface area contributed by atoms with Gasteiger partial charge in [-0.1, -0.05) is 0 Å². The lowest BCUT2D eigenvalue weighted by atomic mass is 10.4. The van der Waals surface area contributed by atoms with Crippen LogP contribution in [0.4, 0.5) is 5.69 Å². The Morgan fingerprint density at radius 2 is 2.32 bits per heavy atom. The molecule has 6 nitrogen and oxygen atoms in total.